The Labute approximate surface area is 134 Å². The van der Waals surface area contributed by atoms with E-state index in [0.29, 0.717) is 5.03 Å². The minimum atomic E-state index is -4.40. The van der Waals surface area contributed by atoms with Crippen LogP contribution in [-0.4, -0.2) is 16.6 Å². The largest absolute Gasteiger partial charge is 0.417 e. The number of thioether (sulfide) groups is 1. The lowest BCUT2D eigenvalue weighted by molar-refractivity contribution is -0.137. The van der Waals surface area contributed by atoms with Crippen molar-refractivity contribution in [1.82, 2.24) is 10.3 Å². The highest BCUT2D eigenvalue weighted by atomic mass is 32.2. The second-order valence-electron chi connectivity index (χ2n) is 4.48. The highest BCUT2D eigenvalue weighted by Gasteiger charge is 2.30. The lowest BCUT2D eigenvalue weighted by Gasteiger charge is -2.12. The van der Waals surface area contributed by atoms with Crippen LogP contribution in [0.15, 0.2) is 40.9 Å². The van der Waals surface area contributed by atoms with Crippen LogP contribution in [0.1, 0.15) is 23.4 Å². The number of pyridine rings is 1. The van der Waals surface area contributed by atoms with Gasteiger partial charge in [-0.2, -0.15) is 13.2 Å². The molecule has 2 rings (SSSR count). The van der Waals surface area contributed by atoms with Crippen molar-refractivity contribution >= 4 is 29.0 Å². The number of carbonyl (C=O) groups excluding carboxylic acids is 1. The van der Waals surface area contributed by atoms with Gasteiger partial charge in [-0.15, -0.1) is 11.3 Å². The van der Waals surface area contributed by atoms with E-state index in [-0.39, 0.29) is 17.7 Å². The molecule has 2 aromatic rings. The molecule has 0 spiro atoms. The van der Waals surface area contributed by atoms with Crippen LogP contribution in [0.3, 0.4) is 0 Å². The van der Waals surface area contributed by atoms with E-state index >= 15 is 0 Å². The molecule has 2 heterocycles. The number of hydrogen-bond acceptors (Lipinski definition) is 4. The van der Waals surface area contributed by atoms with E-state index in [2.05, 4.69) is 10.3 Å². The fourth-order valence-electron chi connectivity index (χ4n) is 1.66. The van der Waals surface area contributed by atoms with Gasteiger partial charge in [0.2, 0.25) is 5.91 Å². The summed E-state index contributed by atoms with van der Waals surface area (Å²) < 4.78 is 37.2. The maximum absolute atomic E-state index is 12.4. The van der Waals surface area contributed by atoms with Crippen LogP contribution in [0, 0.1) is 0 Å². The predicted octanol–water partition coefficient (Wildman–Crippen LogP) is 4.13. The Morgan fingerprint density at radius 3 is 2.73 bits per heavy atom. The highest BCUT2D eigenvalue weighted by molar-refractivity contribution is 7.99. The van der Waals surface area contributed by atoms with Crippen LogP contribution < -0.4 is 5.32 Å². The smallest absolute Gasteiger partial charge is 0.348 e. The van der Waals surface area contributed by atoms with Crippen LogP contribution >= 0.6 is 23.1 Å². The van der Waals surface area contributed by atoms with Crippen molar-refractivity contribution in [2.45, 2.75) is 24.2 Å². The van der Waals surface area contributed by atoms with Gasteiger partial charge in [-0.1, -0.05) is 17.8 Å². The topological polar surface area (TPSA) is 42.0 Å². The standard InChI is InChI=1S/C14H13F3N2OS2/c1-9(11-3-2-6-21-11)19-12(20)8-22-13-5-4-10(7-18-13)14(15,16)17/h2-7,9H,8H2,1H3,(H,19,20). The second-order valence-corrected chi connectivity index (χ2v) is 6.45. The number of amides is 1. The van der Waals surface area contributed by atoms with Crippen molar-refractivity contribution in [3.05, 3.63) is 46.3 Å². The normalized spacial score (nSPS) is 12.9. The molecule has 0 aliphatic rings. The molecule has 0 saturated heterocycles. The maximum atomic E-state index is 12.4. The molecule has 0 bridgehead atoms. The monoisotopic (exact) mass is 346 g/mol. The van der Waals surface area contributed by atoms with Gasteiger partial charge in [0, 0.05) is 11.1 Å². The van der Waals surface area contributed by atoms with Gasteiger partial charge < -0.3 is 5.32 Å². The molecule has 0 aliphatic carbocycles. The minimum absolute atomic E-state index is 0.0892. The Bertz CT molecular complexity index is 612. The number of halogens is 3. The summed E-state index contributed by atoms with van der Waals surface area (Å²) in [6, 6.07) is 5.97. The maximum Gasteiger partial charge on any atom is 0.417 e. The van der Waals surface area contributed by atoms with Crippen molar-refractivity contribution in [3.8, 4) is 0 Å². The van der Waals surface area contributed by atoms with Crippen molar-refractivity contribution < 1.29 is 18.0 Å². The third-order valence-electron chi connectivity index (χ3n) is 2.76. The quantitative estimate of drug-likeness (QED) is 0.828. The molecule has 1 amide bonds. The van der Waals surface area contributed by atoms with Crippen LogP contribution in [0.4, 0.5) is 13.2 Å². The van der Waals surface area contributed by atoms with E-state index in [9.17, 15) is 18.0 Å². The van der Waals surface area contributed by atoms with Gasteiger partial charge in [0.25, 0.3) is 0 Å². The summed E-state index contributed by atoms with van der Waals surface area (Å²) in [6.07, 6.45) is -3.63. The molecule has 3 nitrogen and oxygen atoms in total. The summed E-state index contributed by atoms with van der Waals surface area (Å²) in [7, 11) is 0. The molecular formula is C14H13F3N2OS2. The molecule has 0 aliphatic heterocycles. The zero-order valence-electron chi connectivity index (χ0n) is 11.6. The lowest BCUT2D eigenvalue weighted by atomic mass is 10.3. The number of nitrogens with one attached hydrogen (secondary N) is 1. The molecule has 1 N–H and O–H groups in total. The Balaban J connectivity index is 1.83. The molecule has 0 radical (unpaired) electrons. The van der Waals surface area contributed by atoms with Crippen molar-refractivity contribution in [2.75, 3.05) is 5.75 Å². The van der Waals surface area contributed by atoms with Crippen LogP contribution in [0.25, 0.3) is 0 Å². The molecule has 1 unspecified atom stereocenters. The van der Waals surface area contributed by atoms with E-state index in [1.807, 2.05) is 24.4 Å². The summed E-state index contributed by atoms with van der Waals surface area (Å²) in [4.78, 5) is 16.6. The fraction of sp³-hybridized carbons (Fsp3) is 0.286. The number of nitrogens with zero attached hydrogens (tertiary/aromatic N) is 1. The average molecular weight is 346 g/mol. The molecule has 118 valence electrons. The summed E-state index contributed by atoms with van der Waals surface area (Å²) in [5, 5.41) is 5.14. The summed E-state index contributed by atoms with van der Waals surface area (Å²) in [5.41, 5.74) is -0.799. The van der Waals surface area contributed by atoms with Crippen LogP contribution in [0.2, 0.25) is 0 Å². The number of rotatable bonds is 5. The van der Waals surface area contributed by atoms with E-state index in [4.69, 9.17) is 0 Å². The number of carbonyl (C=O) groups is 1. The third-order valence-corrected chi connectivity index (χ3v) is 4.76. The first kappa shape index (κ1) is 16.8. The highest BCUT2D eigenvalue weighted by Crippen LogP contribution is 2.29. The zero-order valence-corrected chi connectivity index (χ0v) is 13.2. The summed E-state index contributed by atoms with van der Waals surface area (Å²) in [6.45, 7) is 1.88. The van der Waals surface area contributed by atoms with Crippen LogP contribution in [0.5, 0.6) is 0 Å². The lowest BCUT2D eigenvalue weighted by Crippen LogP contribution is -2.27. The van der Waals surface area contributed by atoms with Gasteiger partial charge in [0.1, 0.15) is 0 Å². The number of aromatic nitrogens is 1. The Morgan fingerprint density at radius 2 is 2.18 bits per heavy atom. The van der Waals surface area contributed by atoms with Crippen molar-refractivity contribution in [1.29, 1.82) is 0 Å². The zero-order chi connectivity index (χ0) is 16.2. The Hall–Kier alpha value is -1.54. The molecule has 0 saturated carbocycles. The molecule has 0 fully saturated rings. The summed E-state index contributed by atoms with van der Waals surface area (Å²) >= 11 is 2.65. The minimum Gasteiger partial charge on any atom is -0.348 e. The fourth-order valence-corrected chi connectivity index (χ4v) is 3.05. The van der Waals surface area contributed by atoms with E-state index in [1.165, 1.54) is 6.07 Å². The predicted molar refractivity (Wildman–Crippen MR) is 80.8 cm³/mol. The van der Waals surface area contributed by atoms with Gasteiger partial charge in [-0.25, -0.2) is 4.98 Å². The Morgan fingerprint density at radius 1 is 1.41 bits per heavy atom. The molecule has 22 heavy (non-hydrogen) atoms. The van der Waals surface area contributed by atoms with Crippen molar-refractivity contribution in [2.24, 2.45) is 0 Å². The molecule has 1 atom stereocenters. The first-order valence-corrected chi connectivity index (χ1v) is 8.21. The van der Waals surface area contributed by atoms with Gasteiger partial charge >= 0.3 is 6.18 Å². The van der Waals surface area contributed by atoms with Gasteiger partial charge in [-0.05, 0) is 30.5 Å². The molecular weight excluding hydrogens is 333 g/mol. The Kier molecular flexibility index (Phi) is 5.47. The number of hydrogen-bond donors (Lipinski definition) is 1. The third kappa shape index (κ3) is 4.74. The van der Waals surface area contributed by atoms with Gasteiger partial charge in [0.05, 0.1) is 22.4 Å². The number of thiophene rings is 1. The molecule has 0 aromatic carbocycles. The van der Waals surface area contributed by atoms with Gasteiger partial charge in [0.15, 0.2) is 0 Å². The van der Waals surface area contributed by atoms with Gasteiger partial charge in [-0.3, -0.25) is 4.79 Å². The number of alkyl halides is 3. The molecule has 2 aromatic heterocycles. The second kappa shape index (κ2) is 7.15. The first-order valence-electron chi connectivity index (χ1n) is 6.35. The van der Waals surface area contributed by atoms with E-state index < -0.39 is 11.7 Å². The SMILES string of the molecule is CC(NC(=O)CSc1ccc(C(F)(F)F)cn1)c1cccs1. The van der Waals surface area contributed by atoms with E-state index in [0.717, 1.165) is 28.9 Å². The summed E-state index contributed by atoms with van der Waals surface area (Å²) in [5.74, 6) is -0.0822. The molecule has 8 heteroatoms. The average Bonchev–Trinajstić information content (AvgIpc) is 2.99. The van der Waals surface area contributed by atoms with E-state index in [1.54, 1.807) is 11.3 Å². The first-order chi connectivity index (χ1) is 10.4. The van der Waals surface area contributed by atoms with Crippen molar-refractivity contribution in [3.63, 3.8) is 0 Å². The van der Waals surface area contributed by atoms with Crippen LogP contribution in [-0.2, 0) is 11.0 Å².